The molecule has 1 aromatic rings. The zero-order chi connectivity index (χ0) is 9.90. The first kappa shape index (κ1) is 10.0. The van der Waals surface area contributed by atoms with Gasteiger partial charge < -0.3 is 4.74 Å². The Morgan fingerprint density at radius 3 is 2.69 bits per heavy atom. The minimum absolute atomic E-state index is 0.385. The SMILES string of the molecule is COc1cccc(CS(=O)(=O)O)c1. The molecule has 1 aromatic carbocycles. The molecule has 0 unspecified atom stereocenters. The Hall–Kier alpha value is -1.07. The predicted molar refractivity (Wildman–Crippen MR) is 48.2 cm³/mol. The number of rotatable bonds is 3. The highest BCUT2D eigenvalue weighted by Crippen LogP contribution is 2.14. The van der Waals surface area contributed by atoms with Crippen molar-refractivity contribution in [2.45, 2.75) is 5.75 Å². The lowest BCUT2D eigenvalue weighted by atomic mass is 10.2. The Balaban J connectivity index is 2.90. The summed E-state index contributed by atoms with van der Waals surface area (Å²) in [6.07, 6.45) is 0. The molecule has 0 saturated heterocycles. The topological polar surface area (TPSA) is 63.6 Å². The average Bonchev–Trinajstić information content (AvgIpc) is 2.01. The lowest BCUT2D eigenvalue weighted by molar-refractivity contribution is 0.414. The summed E-state index contributed by atoms with van der Waals surface area (Å²) in [6, 6.07) is 6.54. The second-order valence-electron chi connectivity index (χ2n) is 2.58. The van der Waals surface area contributed by atoms with Crippen LogP contribution in [-0.2, 0) is 15.9 Å². The lowest BCUT2D eigenvalue weighted by Gasteiger charge is -2.01. The molecule has 0 aliphatic rings. The molecular weight excluding hydrogens is 192 g/mol. The van der Waals surface area contributed by atoms with Gasteiger partial charge in [-0.15, -0.1) is 0 Å². The van der Waals surface area contributed by atoms with E-state index in [2.05, 4.69) is 0 Å². The normalized spacial score (nSPS) is 11.2. The summed E-state index contributed by atoms with van der Waals surface area (Å²) in [5, 5.41) is 0. The highest BCUT2D eigenvalue weighted by Gasteiger charge is 2.06. The molecule has 0 spiro atoms. The second kappa shape index (κ2) is 3.76. The number of hydrogen-bond donors (Lipinski definition) is 1. The highest BCUT2D eigenvalue weighted by atomic mass is 32.2. The third-order valence-electron chi connectivity index (χ3n) is 1.48. The molecule has 0 aliphatic carbocycles. The summed E-state index contributed by atoms with van der Waals surface area (Å²) >= 11 is 0. The van der Waals surface area contributed by atoms with Crippen molar-refractivity contribution in [1.82, 2.24) is 0 Å². The molecule has 13 heavy (non-hydrogen) atoms. The lowest BCUT2D eigenvalue weighted by Crippen LogP contribution is -2.01. The maximum atomic E-state index is 10.5. The van der Waals surface area contributed by atoms with Crippen LogP contribution >= 0.6 is 0 Å². The Kier molecular flexibility index (Phi) is 2.90. The van der Waals surface area contributed by atoms with E-state index < -0.39 is 10.1 Å². The Bertz CT molecular complexity index is 383. The first-order chi connectivity index (χ1) is 6.01. The van der Waals surface area contributed by atoms with Crippen LogP contribution in [0.2, 0.25) is 0 Å². The van der Waals surface area contributed by atoms with E-state index in [9.17, 15) is 8.42 Å². The van der Waals surface area contributed by atoms with Gasteiger partial charge in [-0.05, 0) is 17.7 Å². The predicted octanol–water partition coefficient (Wildman–Crippen LogP) is 1.08. The minimum atomic E-state index is -3.96. The zero-order valence-corrected chi connectivity index (χ0v) is 7.91. The number of methoxy groups -OCH3 is 1. The minimum Gasteiger partial charge on any atom is -0.497 e. The molecule has 0 saturated carbocycles. The standard InChI is InChI=1S/C8H10O4S/c1-12-8-4-2-3-7(5-8)6-13(9,10)11/h2-5H,6H2,1H3,(H,9,10,11). The molecule has 0 amide bonds. The summed E-state index contributed by atoms with van der Waals surface area (Å²) in [5.41, 5.74) is 0.502. The van der Waals surface area contributed by atoms with Gasteiger partial charge in [0.2, 0.25) is 0 Å². The van der Waals surface area contributed by atoms with Gasteiger partial charge in [-0.2, -0.15) is 8.42 Å². The second-order valence-corrected chi connectivity index (χ2v) is 4.03. The maximum absolute atomic E-state index is 10.5. The van der Waals surface area contributed by atoms with E-state index in [1.807, 2.05) is 0 Å². The van der Waals surface area contributed by atoms with Crippen LogP contribution in [0, 0.1) is 0 Å². The van der Waals surface area contributed by atoms with Crippen LogP contribution < -0.4 is 4.74 Å². The van der Waals surface area contributed by atoms with Crippen molar-refractivity contribution in [3.63, 3.8) is 0 Å². The Morgan fingerprint density at radius 2 is 2.15 bits per heavy atom. The van der Waals surface area contributed by atoms with Crippen LogP contribution in [0.3, 0.4) is 0 Å². The van der Waals surface area contributed by atoms with Gasteiger partial charge in [0, 0.05) is 0 Å². The van der Waals surface area contributed by atoms with E-state index in [0.29, 0.717) is 11.3 Å². The maximum Gasteiger partial charge on any atom is 0.269 e. The molecule has 0 aliphatic heterocycles. The van der Waals surface area contributed by atoms with Crippen LogP contribution in [-0.4, -0.2) is 20.1 Å². The molecule has 0 fully saturated rings. The quantitative estimate of drug-likeness (QED) is 0.745. The van der Waals surface area contributed by atoms with Gasteiger partial charge in [0.25, 0.3) is 10.1 Å². The van der Waals surface area contributed by atoms with Gasteiger partial charge in [0.05, 0.1) is 7.11 Å². The third-order valence-corrected chi connectivity index (χ3v) is 2.18. The molecule has 0 atom stereocenters. The van der Waals surface area contributed by atoms with Gasteiger partial charge in [-0.1, -0.05) is 12.1 Å². The molecule has 1 N–H and O–H groups in total. The van der Waals surface area contributed by atoms with E-state index in [-0.39, 0.29) is 5.75 Å². The summed E-state index contributed by atoms with van der Waals surface area (Å²) in [6.45, 7) is 0. The van der Waals surface area contributed by atoms with Crippen molar-refractivity contribution in [2.75, 3.05) is 7.11 Å². The van der Waals surface area contributed by atoms with Crippen molar-refractivity contribution in [3.05, 3.63) is 29.8 Å². The fraction of sp³-hybridized carbons (Fsp3) is 0.250. The summed E-state index contributed by atoms with van der Waals surface area (Å²) < 4.78 is 34.5. The van der Waals surface area contributed by atoms with Crippen LogP contribution in [0.5, 0.6) is 5.75 Å². The van der Waals surface area contributed by atoms with Crippen LogP contribution in [0.1, 0.15) is 5.56 Å². The van der Waals surface area contributed by atoms with Gasteiger partial charge in [-0.25, -0.2) is 0 Å². The zero-order valence-electron chi connectivity index (χ0n) is 7.10. The van der Waals surface area contributed by atoms with Crippen molar-refractivity contribution in [2.24, 2.45) is 0 Å². The van der Waals surface area contributed by atoms with Gasteiger partial charge >= 0.3 is 0 Å². The Labute approximate surface area is 76.9 Å². The molecule has 0 aromatic heterocycles. The molecule has 0 radical (unpaired) electrons. The van der Waals surface area contributed by atoms with Gasteiger partial charge in [0.15, 0.2) is 0 Å². The molecule has 4 nitrogen and oxygen atoms in total. The van der Waals surface area contributed by atoms with E-state index in [1.165, 1.54) is 7.11 Å². The molecular formula is C8H10O4S. The van der Waals surface area contributed by atoms with Crippen LogP contribution in [0.4, 0.5) is 0 Å². The average molecular weight is 202 g/mol. The van der Waals surface area contributed by atoms with Crippen molar-refractivity contribution >= 4 is 10.1 Å². The van der Waals surface area contributed by atoms with E-state index in [4.69, 9.17) is 9.29 Å². The molecule has 1 rings (SSSR count). The van der Waals surface area contributed by atoms with Gasteiger partial charge in [-0.3, -0.25) is 4.55 Å². The first-order valence-electron chi connectivity index (χ1n) is 3.59. The van der Waals surface area contributed by atoms with E-state index in [0.717, 1.165) is 0 Å². The van der Waals surface area contributed by atoms with E-state index in [1.54, 1.807) is 24.3 Å². The fourth-order valence-corrected chi connectivity index (χ4v) is 1.57. The highest BCUT2D eigenvalue weighted by molar-refractivity contribution is 7.85. The van der Waals surface area contributed by atoms with Crippen molar-refractivity contribution in [1.29, 1.82) is 0 Å². The summed E-state index contributed by atoms with van der Waals surface area (Å²) in [7, 11) is -2.47. The Morgan fingerprint density at radius 1 is 1.46 bits per heavy atom. The number of ether oxygens (including phenoxy) is 1. The monoisotopic (exact) mass is 202 g/mol. The molecule has 5 heteroatoms. The number of hydrogen-bond acceptors (Lipinski definition) is 3. The van der Waals surface area contributed by atoms with Crippen molar-refractivity contribution in [3.8, 4) is 5.75 Å². The van der Waals surface area contributed by atoms with Crippen LogP contribution in [0.25, 0.3) is 0 Å². The fourth-order valence-electron chi connectivity index (χ4n) is 0.973. The molecule has 0 heterocycles. The van der Waals surface area contributed by atoms with Crippen LogP contribution in [0.15, 0.2) is 24.3 Å². The summed E-state index contributed by atoms with van der Waals surface area (Å²) in [4.78, 5) is 0. The van der Waals surface area contributed by atoms with Gasteiger partial charge in [0.1, 0.15) is 11.5 Å². The van der Waals surface area contributed by atoms with E-state index >= 15 is 0 Å². The number of benzene rings is 1. The summed E-state index contributed by atoms with van der Waals surface area (Å²) in [5.74, 6) is 0.186. The molecule has 72 valence electrons. The largest absolute Gasteiger partial charge is 0.497 e. The van der Waals surface area contributed by atoms with Crippen molar-refractivity contribution < 1.29 is 17.7 Å². The first-order valence-corrected chi connectivity index (χ1v) is 5.20. The smallest absolute Gasteiger partial charge is 0.269 e. The third kappa shape index (κ3) is 3.43. The molecule has 0 bridgehead atoms.